The molecule has 0 aliphatic heterocycles. The molecule has 0 bridgehead atoms. The predicted octanol–water partition coefficient (Wildman–Crippen LogP) is 4.87. The van der Waals surface area contributed by atoms with Crippen LogP contribution in [0.3, 0.4) is 0 Å². The van der Waals surface area contributed by atoms with E-state index in [1.54, 1.807) is 26.2 Å². The van der Waals surface area contributed by atoms with Crippen LogP contribution in [0.15, 0.2) is 34.8 Å². The third-order valence-corrected chi connectivity index (χ3v) is 4.16. The second-order valence-corrected chi connectivity index (χ2v) is 6.03. The molecule has 2 aromatic rings. The molecule has 0 radical (unpaired) electrons. The second kappa shape index (κ2) is 6.77. The minimum absolute atomic E-state index is 0.144. The number of methoxy groups -OCH3 is 1. The molecule has 2 rings (SSSR count). The Kier molecular flexibility index (Phi) is 5.25. The van der Waals surface area contributed by atoms with Crippen molar-refractivity contribution in [3.05, 3.63) is 62.3 Å². The van der Waals surface area contributed by atoms with Gasteiger partial charge in [0.1, 0.15) is 11.6 Å². The normalized spacial score (nSPS) is 12.3. The lowest BCUT2D eigenvalue weighted by molar-refractivity contribution is 0.402. The molecule has 0 aliphatic rings. The maximum Gasteiger partial charge on any atom is 0.138 e. The number of hydrogen-bond acceptors (Lipinski definition) is 2. The number of rotatable bonds is 4. The Balaban J connectivity index is 2.58. The first-order chi connectivity index (χ1) is 9.97. The Morgan fingerprint density at radius 3 is 2.57 bits per heavy atom. The second-order valence-electron chi connectivity index (χ2n) is 4.74. The van der Waals surface area contributed by atoms with Gasteiger partial charge in [0.25, 0.3) is 0 Å². The zero-order valence-electron chi connectivity index (χ0n) is 12.0. The number of ether oxygens (including phenoxy) is 1. The van der Waals surface area contributed by atoms with Crippen LogP contribution in [0.25, 0.3) is 0 Å². The van der Waals surface area contributed by atoms with E-state index in [0.29, 0.717) is 16.3 Å². The monoisotopic (exact) mass is 371 g/mol. The van der Waals surface area contributed by atoms with Crippen molar-refractivity contribution in [2.24, 2.45) is 0 Å². The first kappa shape index (κ1) is 16.3. The molecule has 0 saturated heterocycles. The summed E-state index contributed by atoms with van der Waals surface area (Å²) in [6.07, 6.45) is 0. The minimum Gasteiger partial charge on any atom is -0.495 e. The van der Waals surface area contributed by atoms with Crippen molar-refractivity contribution in [2.45, 2.75) is 13.0 Å². The molecule has 1 N–H and O–H groups in total. The van der Waals surface area contributed by atoms with Gasteiger partial charge in [-0.3, -0.25) is 0 Å². The Morgan fingerprint density at radius 1 is 1.29 bits per heavy atom. The molecular weight excluding hydrogens is 357 g/mol. The van der Waals surface area contributed by atoms with Crippen LogP contribution in [0.2, 0.25) is 5.02 Å². The Labute approximate surface area is 137 Å². The van der Waals surface area contributed by atoms with E-state index in [2.05, 4.69) is 21.2 Å². The van der Waals surface area contributed by atoms with E-state index in [1.165, 1.54) is 6.07 Å². The van der Waals surface area contributed by atoms with E-state index in [1.807, 2.05) is 19.2 Å². The number of halogens is 3. The van der Waals surface area contributed by atoms with Crippen molar-refractivity contribution in [2.75, 3.05) is 14.2 Å². The van der Waals surface area contributed by atoms with Crippen molar-refractivity contribution < 1.29 is 9.13 Å². The molecule has 21 heavy (non-hydrogen) atoms. The van der Waals surface area contributed by atoms with E-state index < -0.39 is 0 Å². The molecule has 0 heterocycles. The van der Waals surface area contributed by atoms with Crippen LogP contribution in [-0.4, -0.2) is 14.2 Å². The quantitative estimate of drug-likeness (QED) is 0.827. The zero-order chi connectivity index (χ0) is 15.6. The van der Waals surface area contributed by atoms with Gasteiger partial charge in [-0.15, -0.1) is 0 Å². The van der Waals surface area contributed by atoms with Crippen LogP contribution < -0.4 is 10.1 Å². The lowest BCUT2D eigenvalue weighted by atomic mass is 9.96. The largest absolute Gasteiger partial charge is 0.495 e. The summed E-state index contributed by atoms with van der Waals surface area (Å²) in [6.45, 7) is 1.75. The summed E-state index contributed by atoms with van der Waals surface area (Å²) >= 11 is 9.61. The van der Waals surface area contributed by atoms with Crippen LogP contribution in [0.5, 0.6) is 5.75 Å². The number of nitrogens with one attached hydrogen (secondary N) is 1. The first-order valence-corrected chi connectivity index (χ1v) is 7.61. The smallest absolute Gasteiger partial charge is 0.138 e. The molecule has 0 spiro atoms. The molecule has 112 valence electrons. The van der Waals surface area contributed by atoms with Gasteiger partial charge in [-0.2, -0.15) is 0 Å². The SMILES string of the molecule is CNC(c1ccc(F)c(C)c1)c1cc(Cl)cc(Br)c1OC. The third kappa shape index (κ3) is 3.39. The summed E-state index contributed by atoms with van der Waals surface area (Å²) in [5.74, 6) is 0.494. The van der Waals surface area contributed by atoms with E-state index in [-0.39, 0.29) is 11.9 Å². The van der Waals surface area contributed by atoms with Gasteiger partial charge in [-0.25, -0.2) is 4.39 Å². The fourth-order valence-corrected chi connectivity index (χ4v) is 3.36. The highest BCUT2D eigenvalue weighted by atomic mass is 79.9. The van der Waals surface area contributed by atoms with E-state index in [9.17, 15) is 4.39 Å². The summed E-state index contributed by atoms with van der Waals surface area (Å²) in [6, 6.07) is 8.55. The standard InChI is InChI=1S/C16H16BrClFNO/c1-9-6-10(4-5-14(9)19)15(20-2)12-7-11(18)8-13(17)16(12)21-3/h4-8,15,20H,1-3H3. The van der Waals surface area contributed by atoms with Crippen molar-refractivity contribution in [1.29, 1.82) is 0 Å². The van der Waals surface area contributed by atoms with E-state index in [4.69, 9.17) is 16.3 Å². The fourth-order valence-electron chi connectivity index (χ4n) is 2.36. The first-order valence-electron chi connectivity index (χ1n) is 6.44. The third-order valence-electron chi connectivity index (χ3n) is 3.36. The van der Waals surface area contributed by atoms with Crippen LogP contribution in [0.1, 0.15) is 22.7 Å². The van der Waals surface area contributed by atoms with Gasteiger partial charge < -0.3 is 10.1 Å². The summed E-state index contributed by atoms with van der Waals surface area (Å²) in [5.41, 5.74) is 2.45. The van der Waals surface area contributed by atoms with Crippen LogP contribution >= 0.6 is 27.5 Å². The highest BCUT2D eigenvalue weighted by Gasteiger charge is 2.20. The molecule has 0 aliphatic carbocycles. The summed E-state index contributed by atoms with van der Waals surface area (Å²) in [4.78, 5) is 0. The molecule has 1 unspecified atom stereocenters. The van der Waals surface area contributed by atoms with Gasteiger partial charge in [-0.05, 0) is 59.2 Å². The minimum atomic E-state index is -0.215. The fraction of sp³-hybridized carbons (Fsp3) is 0.250. The van der Waals surface area contributed by atoms with Crippen molar-refractivity contribution >= 4 is 27.5 Å². The van der Waals surface area contributed by atoms with Gasteiger partial charge in [0, 0.05) is 10.6 Å². The molecule has 2 aromatic carbocycles. The van der Waals surface area contributed by atoms with Gasteiger partial charge in [0.05, 0.1) is 17.6 Å². The highest BCUT2D eigenvalue weighted by Crippen LogP contribution is 2.38. The van der Waals surface area contributed by atoms with Gasteiger partial charge in [-0.1, -0.05) is 23.7 Å². The van der Waals surface area contributed by atoms with E-state index in [0.717, 1.165) is 15.6 Å². The van der Waals surface area contributed by atoms with E-state index >= 15 is 0 Å². The van der Waals surface area contributed by atoms with Crippen molar-refractivity contribution in [3.63, 3.8) is 0 Å². The maximum absolute atomic E-state index is 13.5. The molecule has 1 atom stereocenters. The van der Waals surface area contributed by atoms with Gasteiger partial charge in [0.15, 0.2) is 0 Å². The lowest BCUT2D eigenvalue weighted by Crippen LogP contribution is -2.19. The number of hydrogen-bond donors (Lipinski definition) is 1. The Bertz CT molecular complexity index is 663. The van der Waals surface area contributed by atoms with Gasteiger partial charge in [0.2, 0.25) is 0 Å². The van der Waals surface area contributed by atoms with Gasteiger partial charge >= 0.3 is 0 Å². The number of aryl methyl sites for hydroxylation is 1. The maximum atomic E-state index is 13.5. The molecule has 5 heteroatoms. The molecule has 0 fully saturated rings. The molecular formula is C16H16BrClFNO. The summed E-state index contributed by atoms with van der Waals surface area (Å²) in [7, 11) is 3.46. The summed E-state index contributed by atoms with van der Waals surface area (Å²) in [5, 5.41) is 3.84. The average molecular weight is 373 g/mol. The molecule has 0 aromatic heterocycles. The highest BCUT2D eigenvalue weighted by molar-refractivity contribution is 9.10. The predicted molar refractivity (Wildman–Crippen MR) is 87.7 cm³/mol. The Hall–Kier alpha value is -1.10. The Morgan fingerprint density at radius 2 is 2.00 bits per heavy atom. The molecule has 2 nitrogen and oxygen atoms in total. The molecule has 0 saturated carbocycles. The van der Waals surface area contributed by atoms with Crippen LogP contribution in [-0.2, 0) is 0 Å². The summed E-state index contributed by atoms with van der Waals surface area (Å²) < 4.78 is 19.7. The number of benzene rings is 2. The zero-order valence-corrected chi connectivity index (χ0v) is 14.3. The van der Waals surface area contributed by atoms with Crippen molar-refractivity contribution in [3.8, 4) is 5.75 Å². The topological polar surface area (TPSA) is 21.3 Å². The van der Waals surface area contributed by atoms with Crippen LogP contribution in [0, 0.1) is 12.7 Å². The lowest BCUT2D eigenvalue weighted by Gasteiger charge is -2.21. The average Bonchev–Trinajstić information content (AvgIpc) is 2.43. The van der Waals surface area contributed by atoms with Crippen molar-refractivity contribution in [1.82, 2.24) is 5.32 Å². The molecule has 0 amide bonds. The van der Waals surface area contributed by atoms with Crippen LogP contribution in [0.4, 0.5) is 4.39 Å².